The Morgan fingerprint density at radius 3 is 2.17 bits per heavy atom. The molecular formula is C24H34N4O+2. The molecule has 2 fully saturated rings. The number of quaternary nitrogens is 2. The van der Waals surface area contributed by atoms with Crippen molar-refractivity contribution in [3.8, 4) is 0 Å². The van der Waals surface area contributed by atoms with Crippen LogP contribution in [0.1, 0.15) is 24.8 Å². The van der Waals surface area contributed by atoms with Crippen LogP contribution in [-0.4, -0.2) is 51.7 Å². The molecule has 1 amide bonds. The van der Waals surface area contributed by atoms with E-state index in [1.54, 1.807) is 4.90 Å². The van der Waals surface area contributed by atoms with Gasteiger partial charge < -0.3 is 20.0 Å². The summed E-state index contributed by atoms with van der Waals surface area (Å²) in [4.78, 5) is 17.9. The Labute approximate surface area is 174 Å². The molecule has 154 valence electrons. The van der Waals surface area contributed by atoms with Crippen molar-refractivity contribution in [2.24, 2.45) is 0 Å². The van der Waals surface area contributed by atoms with Crippen molar-refractivity contribution >= 4 is 17.3 Å². The van der Waals surface area contributed by atoms with E-state index in [1.807, 2.05) is 12.1 Å². The van der Waals surface area contributed by atoms with Crippen LogP contribution >= 0.6 is 0 Å². The highest BCUT2D eigenvalue weighted by Gasteiger charge is 2.24. The summed E-state index contributed by atoms with van der Waals surface area (Å²) in [5.74, 6) is 0.122. The smallest absolute Gasteiger partial charge is 0.279 e. The molecule has 0 spiro atoms. The van der Waals surface area contributed by atoms with Crippen LogP contribution in [0.25, 0.3) is 0 Å². The lowest BCUT2D eigenvalue weighted by atomic mass is 10.1. The lowest BCUT2D eigenvalue weighted by Crippen LogP contribution is -3.28. The molecular weight excluding hydrogens is 360 g/mol. The maximum absolute atomic E-state index is 12.5. The molecule has 2 saturated heterocycles. The van der Waals surface area contributed by atoms with Crippen LogP contribution in [0.3, 0.4) is 0 Å². The summed E-state index contributed by atoms with van der Waals surface area (Å²) in [5.41, 5.74) is 3.58. The van der Waals surface area contributed by atoms with Gasteiger partial charge in [0.05, 0.1) is 0 Å². The van der Waals surface area contributed by atoms with Crippen LogP contribution in [0.5, 0.6) is 0 Å². The van der Waals surface area contributed by atoms with Gasteiger partial charge in [-0.15, -0.1) is 0 Å². The lowest BCUT2D eigenvalue weighted by molar-refractivity contribution is -1.02. The number of carbonyl (C=O) groups is 1. The van der Waals surface area contributed by atoms with E-state index in [2.05, 4.69) is 52.7 Å². The summed E-state index contributed by atoms with van der Waals surface area (Å²) in [6, 6.07) is 19.1. The molecule has 0 atom stereocenters. The molecule has 29 heavy (non-hydrogen) atoms. The average molecular weight is 395 g/mol. The first-order chi connectivity index (χ1) is 14.3. The third-order valence-electron chi connectivity index (χ3n) is 6.24. The molecule has 0 radical (unpaired) electrons. The fraction of sp³-hybridized carbons (Fsp3) is 0.458. The molecule has 0 bridgehead atoms. The molecule has 2 aliphatic rings. The van der Waals surface area contributed by atoms with E-state index in [0.29, 0.717) is 6.54 Å². The molecule has 0 saturated carbocycles. The van der Waals surface area contributed by atoms with Crippen LogP contribution < -0.4 is 20.0 Å². The van der Waals surface area contributed by atoms with Crippen LogP contribution in [0, 0.1) is 0 Å². The second-order valence-electron chi connectivity index (χ2n) is 8.48. The highest BCUT2D eigenvalue weighted by Crippen LogP contribution is 2.21. The molecule has 0 aromatic heterocycles. The van der Waals surface area contributed by atoms with Crippen molar-refractivity contribution in [2.45, 2.75) is 25.8 Å². The number of nitrogens with zero attached hydrogens (tertiary/aromatic N) is 1. The van der Waals surface area contributed by atoms with Crippen LogP contribution in [0.15, 0.2) is 54.6 Å². The lowest BCUT2D eigenvalue weighted by Gasteiger charge is -2.29. The van der Waals surface area contributed by atoms with Gasteiger partial charge in [-0.1, -0.05) is 30.3 Å². The molecule has 3 N–H and O–H groups in total. The summed E-state index contributed by atoms with van der Waals surface area (Å²) in [6.45, 7) is 8.31. The van der Waals surface area contributed by atoms with E-state index >= 15 is 0 Å². The minimum Gasteiger partial charge on any atom is -0.372 e. The molecule has 2 aliphatic heterocycles. The first kappa shape index (κ1) is 19.9. The minimum atomic E-state index is 0.122. The Kier molecular flexibility index (Phi) is 6.80. The maximum atomic E-state index is 12.5. The van der Waals surface area contributed by atoms with Crippen molar-refractivity contribution in [3.05, 3.63) is 60.2 Å². The zero-order valence-corrected chi connectivity index (χ0v) is 17.3. The first-order valence-electron chi connectivity index (χ1n) is 11.1. The molecule has 0 unspecified atom stereocenters. The van der Waals surface area contributed by atoms with Crippen molar-refractivity contribution in [1.29, 1.82) is 0 Å². The van der Waals surface area contributed by atoms with E-state index in [9.17, 15) is 4.79 Å². The maximum Gasteiger partial charge on any atom is 0.279 e. The Hall–Kier alpha value is -2.37. The van der Waals surface area contributed by atoms with Gasteiger partial charge in [0, 0.05) is 30.0 Å². The van der Waals surface area contributed by atoms with Crippen molar-refractivity contribution in [1.82, 2.24) is 0 Å². The number of hydrogen-bond donors (Lipinski definition) is 3. The van der Waals surface area contributed by atoms with Crippen molar-refractivity contribution in [2.75, 3.05) is 56.0 Å². The number of carbonyl (C=O) groups excluding carboxylic acids is 1. The number of amides is 1. The largest absolute Gasteiger partial charge is 0.372 e. The summed E-state index contributed by atoms with van der Waals surface area (Å²) in [7, 11) is 0. The molecule has 2 heterocycles. The van der Waals surface area contributed by atoms with Gasteiger partial charge in [0.15, 0.2) is 6.54 Å². The van der Waals surface area contributed by atoms with Gasteiger partial charge in [-0.3, -0.25) is 4.79 Å². The minimum absolute atomic E-state index is 0.122. The van der Waals surface area contributed by atoms with Crippen LogP contribution in [0.4, 0.5) is 11.4 Å². The van der Waals surface area contributed by atoms with Crippen LogP contribution in [-0.2, 0) is 11.3 Å². The fourth-order valence-corrected chi connectivity index (χ4v) is 4.54. The van der Waals surface area contributed by atoms with Gasteiger partial charge in [-0.2, -0.15) is 0 Å². The van der Waals surface area contributed by atoms with E-state index in [-0.39, 0.29) is 5.91 Å². The number of nitrogens with one attached hydrogen (secondary N) is 3. The number of anilines is 2. The summed E-state index contributed by atoms with van der Waals surface area (Å²) in [5, 5.41) is 3.09. The molecule has 5 heteroatoms. The molecule has 5 nitrogen and oxygen atoms in total. The van der Waals surface area contributed by atoms with Gasteiger partial charge in [0.2, 0.25) is 0 Å². The van der Waals surface area contributed by atoms with E-state index in [0.717, 1.165) is 51.5 Å². The van der Waals surface area contributed by atoms with Crippen LogP contribution in [0.2, 0.25) is 0 Å². The summed E-state index contributed by atoms with van der Waals surface area (Å²) < 4.78 is 0. The second kappa shape index (κ2) is 9.90. The first-order valence-corrected chi connectivity index (χ1v) is 11.1. The number of piperidine rings is 1. The van der Waals surface area contributed by atoms with Gasteiger partial charge in [0.1, 0.15) is 32.7 Å². The fourth-order valence-electron chi connectivity index (χ4n) is 4.54. The highest BCUT2D eigenvalue weighted by molar-refractivity contribution is 5.91. The average Bonchev–Trinajstić information content (AvgIpc) is 2.77. The Bertz CT molecular complexity index is 763. The predicted molar refractivity (Wildman–Crippen MR) is 118 cm³/mol. The Morgan fingerprint density at radius 2 is 1.48 bits per heavy atom. The molecule has 2 aromatic rings. The second-order valence-corrected chi connectivity index (χ2v) is 8.48. The SMILES string of the molecule is O=C(C[NH+]1CC[NH+](Cc2ccccc2)CC1)Nc1ccc(N2CCCCC2)cc1. The normalized spacial score (nSPS) is 22.3. The monoisotopic (exact) mass is 394 g/mol. The van der Waals surface area contributed by atoms with Gasteiger partial charge in [-0.05, 0) is 43.5 Å². The third-order valence-corrected chi connectivity index (χ3v) is 6.24. The number of rotatable bonds is 6. The summed E-state index contributed by atoms with van der Waals surface area (Å²) >= 11 is 0. The van der Waals surface area contributed by atoms with Gasteiger partial charge in [-0.25, -0.2) is 0 Å². The third kappa shape index (κ3) is 5.81. The predicted octanol–water partition coefficient (Wildman–Crippen LogP) is 0.599. The number of hydrogen-bond acceptors (Lipinski definition) is 2. The quantitative estimate of drug-likeness (QED) is 0.672. The van der Waals surface area contributed by atoms with E-state index in [4.69, 9.17) is 0 Å². The molecule has 4 rings (SSSR count). The van der Waals surface area contributed by atoms with E-state index in [1.165, 1.54) is 35.4 Å². The summed E-state index contributed by atoms with van der Waals surface area (Å²) in [6.07, 6.45) is 3.90. The highest BCUT2D eigenvalue weighted by atomic mass is 16.2. The Morgan fingerprint density at radius 1 is 0.828 bits per heavy atom. The molecule has 2 aromatic carbocycles. The standard InChI is InChI=1S/C24H32N4O/c29-24(25-22-9-11-23(12-10-22)28-13-5-2-6-14-28)20-27-17-15-26(16-18-27)19-21-7-3-1-4-8-21/h1,3-4,7-12H,2,5-6,13-20H2,(H,25,29)/p+2. The Balaban J connectivity index is 1.20. The van der Waals surface area contributed by atoms with Gasteiger partial charge in [0.25, 0.3) is 5.91 Å². The molecule has 0 aliphatic carbocycles. The zero-order chi connectivity index (χ0) is 19.9. The van der Waals surface area contributed by atoms with Crippen molar-refractivity contribution < 1.29 is 14.6 Å². The number of piperazine rings is 1. The van der Waals surface area contributed by atoms with E-state index < -0.39 is 0 Å². The van der Waals surface area contributed by atoms with Crippen molar-refractivity contribution in [3.63, 3.8) is 0 Å². The number of benzene rings is 2. The van der Waals surface area contributed by atoms with Gasteiger partial charge >= 0.3 is 0 Å². The topological polar surface area (TPSA) is 41.2 Å². The zero-order valence-electron chi connectivity index (χ0n) is 17.3.